The van der Waals surface area contributed by atoms with Gasteiger partial charge in [-0.05, 0) is 24.3 Å². The van der Waals surface area contributed by atoms with Gasteiger partial charge in [0.25, 0.3) is 0 Å². The zero-order valence-electron chi connectivity index (χ0n) is 11.3. The van der Waals surface area contributed by atoms with Gasteiger partial charge in [-0.3, -0.25) is 0 Å². The smallest absolute Gasteiger partial charge is 0.165 e. The van der Waals surface area contributed by atoms with Gasteiger partial charge in [0.15, 0.2) is 23.1 Å². The molecule has 0 saturated carbocycles. The van der Waals surface area contributed by atoms with Crippen molar-refractivity contribution in [3.8, 4) is 17.2 Å². The van der Waals surface area contributed by atoms with E-state index in [4.69, 9.17) is 14.2 Å². The third-order valence-electron chi connectivity index (χ3n) is 2.71. The summed E-state index contributed by atoms with van der Waals surface area (Å²) in [5, 5.41) is 0. The molecule has 4 heteroatoms. The van der Waals surface area contributed by atoms with E-state index in [-0.39, 0.29) is 11.6 Å². The predicted molar refractivity (Wildman–Crippen MR) is 75.0 cm³/mol. The third kappa shape index (κ3) is 3.88. The molecule has 0 fully saturated rings. The minimum atomic E-state index is -0.349. The fraction of sp³-hybridized carbons (Fsp3) is 0.250. The lowest BCUT2D eigenvalue weighted by molar-refractivity contribution is 0.235. The van der Waals surface area contributed by atoms with Gasteiger partial charge in [-0.2, -0.15) is 0 Å². The van der Waals surface area contributed by atoms with E-state index in [0.29, 0.717) is 31.1 Å². The Hall–Kier alpha value is -2.23. The lowest BCUT2D eigenvalue weighted by Crippen LogP contribution is -2.06. The molecule has 0 aliphatic rings. The lowest BCUT2D eigenvalue weighted by atomic mass is 10.3. The Kier molecular flexibility index (Phi) is 5.24. The molecule has 3 nitrogen and oxygen atoms in total. The summed E-state index contributed by atoms with van der Waals surface area (Å²) in [6.07, 6.45) is 0.659. The standard InChI is InChI=1S/C16H17FO3/c1-18-15-9-4-5-10-16(15)20-12-6-11-19-14-8-3-2-7-13(14)17/h2-5,7-10H,6,11-12H2,1H3. The average Bonchev–Trinajstić information content (AvgIpc) is 2.49. The first kappa shape index (κ1) is 14.2. The Labute approximate surface area is 117 Å². The Morgan fingerprint density at radius 1 is 0.800 bits per heavy atom. The van der Waals surface area contributed by atoms with E-state index < -0.39 is 0 Å². The van der Waals surface area contributed by atoms with E-state index in [9.17, 15) is 4.39 Å². The van der Waals surface area contributed by atoms with Crippen LogP contribution >= 0.6 is 0 Å². The highest BCUT2D eigenvalue weighted by molar-refractivity contribution is 5.39. The maximum absolute atomic E-state index is 13.3. The highest BCUT2D eigenvalue weighted by Gasteiger charge is 2.03. The molecule has 0 saturated heterocycles. The number of ether oxygens (including phenoxy) is 3. The van der Waals surface area contributed by atoms with Gasteiger partial charge < -0.3 is 14.2 Å². The maximum atomic E-state index is 13.3. The molecule has 0 radical (unpaired) electrons. The predicted octanol–water partition coefficient (Wildman–Crippen LogP) is 3.68. The van der Waals surface area contributed by atoms with Crippen LogP contribution < -0.4 is 14.2 Å². The van der Waals surface area contributed by atoms with Crippen LogP contribution in [0.1, 0.15) is 6.42 Å². The van der Waals surface area contributed by atoms with Gasteiger partial charge in [0, 0.05) is 6.42 Å². The highest BCUT2D eigenvalue weighted by Crippen LogP contribution is 2.25. The highest BCUT2D eigenvalue weighted by atomic mass is 19.1. The molecule has 0 aromatic heterocycles. The maximum Gasteiger partial charge on any atom is 0.165 e. The van der Waals surface area contributed by atoms with Crippen molar-refractivity contribution < 1.29 is 18.6 Å². The average molecular weight is 276 g/mol. The third-order valence-corrected chi connectivity index (χ3v) is 2.71. The molecule has 2 aromatic carbocycles. The van der Waals surface area contributed by atoms with E-state index in [2.05, 4.69) is 0 Å². The van der Waals surface area contributed by atoms with Crippen molar-refractivity contribution in [2.45, 2.75) is 6.42 Å². The van der Waals surface area contributed by atoms with Crippen LogP contribution in [-0.2, 0) is 0 Å². The van der Waals surface area contributed by atoms with Crippen LogP contribution in [0, 0.1) is 5.82 Å². The fourth-order valence-electron chi connectivity index (χ4n) is 1.72. The van der Waals surface area contributed by atoms with E-state index in [1.165, 1.54) is 6.07 Å². The summed E-state index contributed by atoms with van der Waals surface area (Å²) < 4.78 is 29.4. The van der Waals surface area contributed by atoms with Crippen molar-refractivity contribution in [3.05, 3.63) is 54.3 Å². The Bertz CT molecular complexity index is 543. The van der Waals surface area contributed by atoms with Crippen LogP contribution in [0.4, 0.5) is 4.39 Å². The zero-order chi connectivity index (χ0) is 14.2. The van der Waals surface area contributed by atoms with E-state index >= 15 is 0 Å². The molecule has 0 unspecified atom stereocenters. The van der Waals surface area contributed by atoms with Gasteiger partial charge in [-0.15, -0.1) is 0 Å². The second-order valence-electron chi connectivity index (χ2n) is 4.13. The molecule has 0 amide bonds. The monoisotopic (exact) mass is 276 g/mol. The summed E-state index contributed by atoms with van der Waals surface area (Å²) >= 11 is 0. The molecule has 0 aliphatic heterocycles. The second-order valence-corrected chi connectivity index (χ2v) is 4.13. The molecule has 106 valence electrons. The van der Waals surface area contributed by atoms with Crippen LogP contribution in [0.25, 0.3) is 0 Å². The molecular weight excluding hydrogens is 259 g/mol. The number of para-hydroxylation sites is 3. The van der Waals surface area contributed by atoms with Gasteiger partial charge in [0.05, 0.1) is 20.3 Å². The van der Waals surface area contributed by atoms with Crippen LogP contribution in [0.15, 0.2) is 48.5 Å². The summed E-state index contributed by atoms with van der Waals surface area (Å²) in [6, 6.07) is 13.8. The molecule has 0 atom stereocenters. The normalized spacial score (nSPS) is 10.1. The molecule has 0 heterocycles. The van der Waals surface area contributed by atoms with Crippen molar-refractivity contribution in [1.29, 1.82) is 0 Å². The van der Waals surface area contributed by atoms with Gasteiger partial charge in [0.1, 0.15) is 0 Å². The number of hydrogen-bond donors (Lipinski definition) is 0. The van der Waals surface area contributed by atoms with Crippen LogP contribution in [-0.4, -0.2) is 20.3 Å². The first-order valence-electron chi connectivity index (χ1n) is 6.44. The molecule has 0 spiro atoms. The van der Waals surface area contributed by atoms with Crippen LogP contribution in [0.3, 0.4) is 0 Å². The number of rotatable bonds is 7. The van der Waals surface area contributed by atoms with E-state index in [1.807, 2.05) is 24.3 Å². The number of benzene rings is 2. The summed E-state index contributed by atoms with van der Waals surface area (Å²) in [4.78, 5) is 0. The van der Waals surface area contributed by atoms with Crippen molar-refractivity contribution in [1.82, 2.24) is 0 Å². The van der Waals surface area contributed by atoms with Gasteiger partial charge in [-0.25, -0.2) is 4.39 Å². The Morgan fingerprint density at radius 2 is 1.35 bits per heavy atom. The van der Waals surface area contributed by atoms with Gasteiger partial charge in [0.2, 0.25) is 0 Å². The first-order chi connectivity index (χ1) is 9.81. The first-order valence-corrected chi connectivity index (χ1v) is 6.44. The SMILES string of the molecule is COc1ccccc1OCCCOc1ccccc1F. The summed E-state index contributed by atoms with van der Waals surface area (Å²) in [5.74, 6) is 1.31. The summed E-state index contributed by atoms with van der Waals surface area (Å²) in [5.41, 5.74) is 0. The van der Waals surface area contributed by atoms with Gasteiger partial charge >= 0.3 is 0 Å². The largest absolute Gasteiger partial charge is 0.493 e. The molecular formula is C16H17FO3. The quantitative estimate of drug-likeness (QED) is 0.722. The van der Waals surface area contributed by atoms with Crippen molar-refractivity contribution >= 4 is 0 Å². The summed E-state index contributed by atoms with van der Waals surface area (Å²) in [7, 11) is 1.60. The fourth-order valence-corrected chi connectivity index (χ4v) is 1.72. The number of hydrogen-bond acceptors (Lipinski definition) is 3. The van der Waals surface area contributed by atoms with Crippen LogP contribution in [0.5, 0.6) is 17.2 Å². The molecule has 0 bridgehead atoms. The van der Waals surface area contributed by atoms with E-state index in [1.54, 1.807) is 25.3 Å². The van der Waals surface area contributed by atoms with Crippen molar-refractivity contribution in [2.24, 2.45) is 0 Å². The zero-order valence-corrected chi connectivity index (χ0v) is 11.3. The van der Waals surface area contributed by atoms with Gasteiger partial charge in [-0.1, -0.05) is 24.3 Å². The van der Waals surface area contributed by atoms with Crippen LogP contribution in [0.2, 0.25) is 0 Å². The Morgan fingerprint density at radius 3 is 2.00 bits per heavy atom. The molecule has 0 N–H and O–H groups in total. The molecule has 20 heavy (non-hydrogen) atoms. The number of methoxy groups -OCH3 is 1. The molecule has 2 rings (SSSR count). The van der Waals surface area contributed by atoms with Crippen molar-refractivity contribution in [3.63, 3.8) is 0 Å². The Balaban J connectivity index is 1.73. The minimum Gasteiger partial charge on any atom is -0.493 e. The lowest BCUT2D eigenvalue weighted by Gasteiger charge is -2.11. The topological polar surface area (TPSA) is 27.7 Å². The molecule has 0 aliphatic carbocycles. The second kappa shape index (κ2) is 7.38. The molecule has 2 aromatic rings. The minimum absolute atomic E-state index is 0.268. The number of halogens is 1. The van der Waals surface area contributed by atoms with E-state index in [0.717, 1.165) is 0 Å². The van der Waals surface area contributed by atoms with Crippen molar-refractivity contribution in [2.75, 3.05) is 20.3 Å². The summed E-state index contributed by atoms with van der Waals surface area (Å²) in [6.45, 7) is 0.880.